The van der Waals surface area contributed by atoms with Crippen LogP contribution in [0.3, 0.4) is 0 Å². The number of carbonyl (C=O) groups excluding carboxylic acids is 1. The Labute approximate surface area is 61.6 Å². The Bertz CT molecular complexity index is 91.3. The van der Waals surface area contributed by atoms with Crippen molar-refractivity contribution in [3.63, 3.8) is 0 Å². The van der Waals surface area contributed by atoms with Gasteiger partial charge in [-0.2, -0.15) is 0 Å². The summed E-state index contributed by atoms with van der Waals surface area (Å²) in [7, 11) is 0. The van der Waals surface area contributed by atoms with Gasteiger partial charge in [0.15, 0.2) is 0 Å². The van der Waals surface area contributed by atoms with Crippen LogP contribution in [-0.4, -0.2) is 12.5 Å². The van der Waals surface area contributed by atoms with Crippen LogP contribution in [-0.2, 0) is 4.79 Å². The molecule has 0 atom stereocenters. The fraction of sp³-hybridized carbons (Fsp3) is 0.875. The van der Waals surface area contributed by atoms with Gasteiger partial charge in [-0.15, -0.1) is 0 Å². The topological polar surface area (TPSA) is 17.1 Å². The van der Waals surface area contributed by atoms with Crippen molar-refractivity contribution in [2.75, 3.05) is 6.67 Å². The molecule has 0 aromatic heterocycles. The minimum atomic E-state index is -0.292. The maximum atomic E-state index is 11.5. The monoisotopic (exact) mass is 146 g/mol. The zero-order valence-electron chi connectivity index (χ0n) is 6.53. The van der Waals surface area contributed by atoms with Crippen molar-refractivity contribution in [2.24, 2.45) is 0 Å². The molecule has 0 aromatic rings. The summed E-state index contributed by atoms with van der Waals surface area (Å²) in [5.74, 6) is 0.274. The molecule has 2 heteroatoms. The molecule has 0 aromatic carbocycles. The molecule has 0 bridgehead atoms. The van der Waals surface area contributed by atoms with Crippen LogP contribution >= 0.6 is 0 Å². The van der Waals surface area contributed by atoms with Gasteiger partial charge in [-0.05, 0) is 19.3 Å². The first-order chi connectivity index (χ1) is 4.81. The van der Waals surface area contributed by atoms with Gasteiger partial charge in [0.1, 0.15) is 5.78 Å². The lowest BCUT2D eigenvalue weighted by Crippen LogP contribution is -1.96. The van der Waals surface area contributed by atoms with E-state index in [2.05, 4.69) is 0 Å². The highest BCUT2D eigenvalue weighted by molar-refractivity contribution is 5.78. The number of carbonyl (C=O) groups is 1. The molecular formula is C8H15FO. The highest BCUT2D eigenvalue weighted by Gasteiger charge is 1.98. The fourth-order valence-corrected chi connectivity index (χ4v) is 0.820. The number of Topliss-reactive ketones (excluding diaryl/α,β-unsaturated/α-hetero) is 1. The van der Waals surface area contributed by atoms with Crippen molar-refractivity contribution in [3.05, 3.63) is 0 Å². The number of ketones is 1. The van der Waals surface area contributed by atoms with E-state index < -0.39 is 0 Å². The molecule has 0 spiro atoms. The van der Waals surface area contributed by atoms with E-state index in [0.29, 0.717) is 19.3 Å². The predicted molar refractivity (Wildman–Crippen MR) is 39.7 cm³/mol. The second kappa shape index (κ2) is 6.72. The van der Waals surface area contributed by atoms with Crippen LogP contribution < -0.4 is 0 Å². The van der Waals surface area contributed by atoms with Gasteiger partial charge in [-0.3, -0.25) is 9.18 Å². The number of halogens is 1. The largest absolute Gasteiger partial charge is 0.300 e. The van der Waals surface area contributed by atoms with Crippen LogP contribution in [0.25, 0.3) is 0 Å². The molecule has 0 rings (SSSR count). The molecule has 0 saturated carbocycles. The molecule has 0 heterocycles. The molecule has 1 nitrogen and oxygen atoms in total. The Hall–Kier alpha value is -0.400. The van der Waals surface area contributed by atoms with Gasteiger partial charge in [-0.25, -0.2) is 0 Å². The van der Waals surface area contributed by atoms with Crippen molar-refractivity contribution < 1.29 is 9.18 Å². The lowest BCUT2D eigenvalue weighted by atomic mass is 10.1. The minimum Gasteiger partial charge on any atom is -0.300 e. The Balaban J connectivity index is 3.05. The van der Waals surface area contributed by atoms with Gasteiger partial charge in [-0.1, -0.05) is 6.92 Å². The molecule has 0 radical (unpaired) electrons. The second-order valence-electron chi connectivity index (χ2n) is 2.43. The molecular weight excluding hydrogens is 131 g/mol. The van der Waals surface area contributed by atoms with Gasteiger partial charge in [0, 0.05) is 12.8 Å². The van der Waals surface area contributed by atoms with Crippen LogP contribution in [0, 0.1) is 0 Å². The molecule has 0 fully saturated rings. The van der Waals surface area contributed by atoms with Gasteiger partial charge in [0.25, 0.3) is 0 Å². The van der Waals surface area contributed by atoms with Crippen LogP contribution in [0.4, 0.5) is 4.39 Å². The first-order valence-electron chi connectivity index (χ1n) is 3.89. The number of rotatable bonds is 6. The van der Waals surface area contributed by atoms with Crippen LogP contribution in [0.2, 0.25) is 0 Å². The molecule has 0 aliphatic carbocycles. The first kappa shape index (κ1) is 9.60. The van der Waals surface area contributed by atoms with E-state index in [9.17, 15) is 9.18 Å². The summed E-state index contributed by atoms with van der Waals surface area (Å²) >= 11 is 0. The summed E-state index contributed by atoms with van der Waals surface area (Å²) in [6.07, 6.45) is 3.39. The molecule has 60 valence electrons. The third kappa shape index (κ3) is 5.73. The Morgan fingerprint density at radius 3 is 2.50 bits per heavy atom. The Morgan fingerprint density at radius 1 is 1.30 bits per heavy atom. The van der Waals surface area contributed by atoms with Crippen molar-refractivity contribution in [3.8, 4) is 0 Å². The standard InChI is InChI=1S/C8H15FO/c1-2-5-8(10)6-3-4-7-9/h2-7H2,1H3. The summed E-state index contributed by atoms with van der Waals surface area (Å²) in [6, 6.07) is 0. The number of unbranched alkanes of at least 4 members (excludes halogenated alkanes) is 1. The SMILES string of the molecule is CCCC(=O)CCCCF. The molecule has 0 N–H and O–H groups in total. The van der Waals surface area contributed by atoms with Crippen LogP contribution in [0.5, 0.6) is 0 Å². The zero-order chi connectivity index (χ0) is 7.82. The number of hydrogen-bond acceptors (Lipinski definition) is 1. The minimum absolute atomic E-state index is 0.274. The van der Waals surface area contributed by atoms with Crippen molar-refractivity contribution in [1.82, 2.24) is 0 Å². The van der Waals surface area contributed by atoms with Crippen LogP contribution in [0.15, 0.2) is 0 Å². The number of hydrogen-bond donors (Lipinski definition) is 0. The second-order valence-corrected chi connectivity index (χ2v) is 2.43. The average Bonchev–Trinajstić information content (AvgIpc) is 1.89. The summed E-state index contributed by atoms with van der Waals surface area (Å²) < 4.78 is 11.5. The number of alkyl halides is 1. The Kier molecular flexibility index (Phi) is 6.45. The van der Waals surface area contributed by atoms with Gasteiger partial charge >= 0.3 is 0 Å². The molecule has 0 saturated heterocycles. The van der Waals surface area contributed by atoms with E-state index in [1.165, 1.54) is 0 Å². The van der Waals surface area contributed by atoms with E-state index >= 15 is 0 Å². The van der Waals surface area contributed by atoms with Gasteiger partial charge < -0.3 is 0 Å². The van der Waals surface area contributed by atoms with Crippen molar-refractivity contribution in [2.45, 2.75) is 39.0 Å². The van der Waals surface area contributed by atoms with Crippen LogP contribution in [0.1, 0.15) is 39.0 Å². The highest BCUT2D eigenvalue weighted by Crippen LogP contribution is 2.00. The molecule has 0 unspecified atom stereocenters. The quantitative estimate of drug-likeness (QED) is 0.526. The van der Waals surface area contributed by atoms with E-state index in [1.54, 1.807) is 0 Å². The lowest BCUT2D eigenvalue weighted by molar-refractivity contribution is -0.119. The van der Waals surface area contributed by atoms with Gasteiger partial charge in [0.05, 0.1) is 6.67 Å². The molecule has 0 amide bonds. The molecule has 0 aliphatic rings. The third-order valence-electron chi connectivity index (χ3n) is 1.37. The third-order valence-corrected chi connectivity index (χ3v) is 1.37. The summed E-state index contributed by atoms with van der Waals surface area (Å²) in [6.45, 7) is 1.69. The predicted octanol–water partition coefficient (Wildman–Crippen LogP) is 2.50. The van der Waals surface area contributed by atoms with Gasteiger partial charge in [0.2, 0.25) is 0 Å². The Morgan fingerprint density at radius 2 is 2.00 bits per heavy atom. The van der Waals surface area contributed by atoms with E-state index in [1.807, 2.05) is 6.92 Å². The lowest BCUT2D eigenvalue weighted by Gasteiger charge is -1.95. The van der Waals surface area contributed by atoms with E-state index in [0.717, 1.165) is 12.8 Å². The van der Waals surface area contributed by atoms with E-state index in [4.69, 9.17) is 0 Å². The van der Waals surface area contributed by atoms with Crippen molar-refractivity contribution in [1.29, 1.82) is 0 Å². The summed E-state index contributed by atoms with van der Waals surface area (Å²) in [4.78, 5) is 10.8. The maximum Gasteiger partial charge on any atom is 0.132 e. The highest BCUT2D eigenvalue weighted by atomic mass is 19.1. The average molecular weight is 146 g/mol. The normalized spacial score (nSPS) is 9.80. The smallest absolute Gasteiger partial charge is 0.132 e. The van der Waals surface area contributed by atoms with Crippen molar-refractivity contribution >= 4 is 5.78 Å². The molecule has 0 aliphatic heterocycles. The maximum absolute atomic E-state index is 11.5. The zero-order valence-corrected chi connectivity index (χ0v) is 6.53. The van der Waals surface area contributed by atoms with E-state index in [-0.39, 0.29) is 12.5 Å². The first-order valence-corrected chi connectivity index (χ1v) is 3.89. The summed E-state index contributed by atoms with van der Waals surface area (Å²) in [5, 5.41) is 0. The fourth-order valence-electron chi connectivity index (χ4n) is 0.820. The molecule has 10 heavy (non-hydrogen) atoms. The summed E-state index contributed by atoms with van der Waals surface area (Å²) in [5.41, 5.74) is 0.